The van der Waals surface area contributed by atoms with Gasteiger partial charge in [0.1, 0.15) is 0 Å². The van der Waals surface area contributed by atoms with Crippen LogP contribution in [-0.2, 0) is 16.7 Å². The van der Waals surface area contributed by atoms with Gasteiger partial charge >= 0.3 is 5.97 Å². The first kappa shape index (κ1) is 20.9. The number of nitrogens with zero attached hydrogens (tertiary/aromatic N) is 1. The summed E-state index contributed by atoms with van der Waals surface area (Å²) in [6.45, 7) is 10.7. The molecule has 146 valence electrons. The first-order valence-corrected chi connectivity index (χ1v) is 10.1. The summed E-state index contributed by atoms with van der Waals surface area (Å²) < 4.78 is 4.96. The molecule has 1 aromatic carbocycles. The van der Waals surface area contributed by atoms with Crippen LogP contribution in [0.15, 0.2) is 18.2 Å². The summed E-state index contributed by atoms with van der Waals surface area (Å²) in [5.74, 6) is 0.220. The summed E-state index contributed by atoms with van der Waals surface area (Å²) in [5.41, 5.74) is 8.88. The number of hydrogen-bond acceptors (Lipinski definition) is 4. The molecule has 0 spiro atoms. The number of carbonyl (C=O) groups is 1. The normalized spacial score (nSPS) is 23.8. The number of rotatable bonds is 8. The Bertz CT molecular complexity index is 602. The number of benzene rings is 1. The average molecular weight is 361 g/mol. The molecule has 0 bridgehead atoms. The fourth-order valence-electron chi connectivity index (χ4n) is 4.33. The number of esters is 1. The zero-order chi connectivity index (χ0) is 19.2. The number of ether oxygens (including phenoxy) is 1. The molecule has 4 heteroatoms. The van der Waals surface area contributed by atoms with E-state index in [2.05, 4.69) is 31.7 Å². The topological polar surface area (TPSA) is 55.6 Å². The molecule has 1 saturated heterocycles. The molecule has 1 aromatic rings. The van der Waals surface area contributed by atoms with Crippen molar-refractivity contribution < 1.29 is 9.53 Å². The molecule has 2 unspecified atom stereocenters. The maximum Gasteiger partial charge on any atom is 0.338 e. The fraction of sp³-hybridized carbons (Fsp3) is 0.682. The summed E-state index contributed by atoms with van der Waals surface area (Å²) in [6, 6.07) is 5.95. The van der Waals surface area contributed by atoms with Crippen molar-refractivity contribution in [2.24, 2.45) is 11.7 Å². The molecule has 1 aliphatic heterocycles. The second kappa shape index (κ2) is 9.52. The highest BCUT2D eigenvalue weighted by molar-refractivity contribution is 5.91. The van der Waals surface area contributed by atoms with Gasteiger partial charge in [-0.05, 0) is 54.5 Å². The van der Waals surface area contributed by atoms with Gasteiger partial charge in [0.2, 0.25) is 0 Å². The van der Waals surface area contributed by atoms with Gasteiger partial charge in [-0.2, -0.15) is 0 Å². The minimum Gasteiger partial charge on any atom is -0.465 e. The molecule has 1 heterocycles. The van der Waals surface area contributed by atoms with Crippen LogP contribution in [0.4, 0.5) is 0 Å². The molecule has 0 saturated carbocycles. The third-order valence-electron chi connectivity index (χ3n) is 6.30. The van der Waals surface area contributed by atoms with Crippen molar-refractivity contribution in [3.05, 3.63) is 34.9 Å². The Balaban J connectivity index is 2.17. The van der Waals surface area contributed by atoms with Crippen molar-refractivity contribution in [2.45, 2.75) is 64.8 Å². The highest BCUT2D eigenvalue weighted by Crippen LogP contribution is 2.41. The average Bonchev–Trinajstić information content (AvgIpc) is 2.66. The molecule has 0 aromatic heterocycles. The molecular weight excluding hydrogens is 324 g/mol. The van der Waals surface area contributed by atoms with E-state index >= 15 is 0 Å². The Hall–Kier alpha value is -1.39. The van der Waals surface area contributed by atoms with Crippen molar-refractivity contribution >= 4 is 5.97 Å². The lowest BCUT2D eigenvalue weighted by atomic mass is 9.66. The Morgan fingerprint density at radius 1 is 1.35 bits per heavy atom. The monoisotopic (exact) mass is 360 g/mol. The number of unbranched alkanes of at least 4 members (excludes halogenated alkanes) is 3. The van der Waals surface area contributed by atoms with E-state index in [0.29, 0.717) is 18.0 Å². The summed E-state index contributed by atoms with van der Waals surface area (Å²) >= 11 is 0. The van der Waals surface area contributed by atoms with Crippen molar-refractivity contribution in [1.82, 2.24) is 4.90 Å². The lowest BCUT2D eigenvalue weighted by molar-refractivity contribution is 0.0598. The second-order valence-corrected chi connectivity index (χ2v) is 7.96. The van der Waals surface area contributed by atoms with Gasteiger partial charge in [-0.15, -0.1) is 0 Å². The molecule has 4 nitrogen and oxygen atoms in total. The standard InChI is InChI=1S/C22H36N2O2/c1-5-6-7-8-13-24-14-12-22(3,17(2)16-24)20-11-9-10-18(19(20)15-23)21(25)26-4/h9-11,17H,5-8,12-16,23H2,1-4H3. The zero-order valence-corrected chi connectivity index (χ0v) is 17.0. The number of nitrogens with two attached hydrogens (primary N) is 1. The molecule has 1 aliphatic rings. The third kappa shape index (κ3) is 4.47. The van der Waals surface area contributed by atoms with Crippen LogP contribution in [0.25, 0.3) is 0 Å². The predicted octanol–water partition coefficient (Wildman–Crippen LogP) is 4.11. The van der Waals surface area contributed by atoms with Crippen molar-refractivity contribution in [3.8, 4) is 0 Å². The van der Waals surface area contributed by atoms with Crippen LogP contribution < -0.4 is 5.73 Å². The smallest absolute Gasteiger partial charge is 0.338 e. The Kier molecular flexibility index (Phi) is 7.66. The zero-order valence-electron chi connectivity index (χ0n) is 17.0. The minimum absolute atomic E-state index is 0.0403. The van der Waals surface area contributed by atoms with Crippen molar-refractivity contribution in [1.29, 1.82) is 0 Å². The summed E-state index contributed by atoms with van der Waals surface area (Å²) in [5, 5.41) is 0. The first-order valence-electron chi connectivity index (χ1n) is 10.1. The third-order valence-corrected chi connectivity index (χ3v) is 6.30. The number of methoxy groups -OCH3 is 1. The number of piperidine rings is 1. The quantitative estimate of drug-likeness (QED) is 0.560. The van der Waals surface area contributed by atoms with Crippen LogP contribution in [0.1, 0.15) is 74.4 Å². The molecule has 1 fully saturated rings. The second-order valence-electron chi connectivity index (χ2n) is 7.96. The molecule has 2 atom stereocenters. The SMILES string of the molecule is CCCCCCN1CCC(C)(c2cccc(C(=O)OC)c2CN)C(C)C1. The van der Waals surface area contributed by atoms with Gasteiger partial charge < -0.3 is 15.4 Å². The van der Waals surface area contributed by atoms with E-state index < -0.39 is 0 Å². The summed E-state index contributed by atoms with van der Waals surface area (Å²) in [6.07, 6.45) is 6.34. The minimum atomic E-state index is -0.295. The lowest BCUT2D eigenvalue weighted by Gasteiger charge is -2.46. The molecular formula is C22H36N2O2. The van der Waals surface area contributed by atoms with Crippen LogP contribution in [0, 0.1) is 5.92 Å². The van der Waals surface area contributed by atoms with Gasteiger partial charge in [0.15, 0.2) is 0 Å². The van der Waals surface area contributed by atoms with E-state index in [0.717, 1.165) is 25.1 Å². The number of carbonyl (C=O) groups excluding carboxylic acids is 1. The van der Waals surface area contributed by atoms with Crippen molar-refractivity contribution in [3.63, 3.8) is 0 Å². The van der Waals surface area contributed by atoms with E-state index in [1.165, 1.54) is 44.9 Å². The van der Waals surface area contributed by atoms with E-state index in [1.807, 2.05) is 12.1 Å². The van der Waals surface area contributed by atoms with Crippen molar-refractivity contribution in [2.75, 3.05) is 26.7 Å². The largest absolute Gasteiger partial charge is 0.465 e. The van der Waals surface area contributed by atoms with Gasteiger partial charge in [0.25, 0.3) is 0 Å². The molecule has 0 radical (unpaired) electrons. The molecule has 0 aliphatic carbocycles. The van der Waals surface area contributed by atoms with E-state index in [4.69, 9.17) is 10.5 Å². The molecule has 0 amide bonds. The lowest BCUT2D eigenvalue weighted by Crippen LogP contribution is -2.48. The molecule has 26 heavy (non-hydrogen) atoms. The maximum atomic E-state index is 12.2. The molecule has 2 rings (SSSR count). The van der Waals surface area contributed by atoms with E-state index in [-0.39, 0.29) is 11.4 Å². The van der Waals surface area contributed by atoms with Crippen LogP contribution in [0.3, 0.4) is 0 Å². The number of hydrogen-bond donors (Lipinski definition) is 1. The number of likely N-dealkylation sites (tertiary alicyclic amines) is 1. The van der Waals surface area contributed by atoms with Gasteiger partial charge in [-0.3, -0.25) is 0 Å². The summed E-state index contributed by atoms with van der Waals surface area (Å²) in [7, 11) is 1.43. The van der Waals surface area contributed by atoms with Gasteiger partial charge in [0, 0.05) is 13.1 Å². The molecule has 2 N–H and O–H groups in total. The Morgan fingerprint density at radius 2 is 2.12 bits per heavy atom. The summed E-state index contributed by atoms with van der Waals surface area (Å²) in [4.78, 5) is 14.8. The van der Waals surface area contributed by atoms with Gasteiger partial charge in [0.05, 0.1) is 12.7 Å². The first-order chi connectivity index (χ1) is 12.5. The van der Waals surface area contributed by atoms with E-state index in [1.54, 1.807) is 0 Å². The highest BCUT2D eigenvalue weighted by atomic mass is 16.5. The fourth-order valence-corrected chi connectivity index (χ4v) is 4.33. The van der Waals surface area contributed by atoms with Crippen LogP contribution >= 0.6 is 0 Å². The van der Waals surface area contributed by atoms with Gasteiger partial charge in [-0.25, -0.2) is 4.79 Å². The van der Waals surface area contributed by atoms with Crippen LogP contribution in [0.2, 0.25) is 0 Å². The van der Waals surface area contributed by atoms with Crippen LogP contribution in [0.5, 0.6) is 0 Å². The van der Waals surface area contributed by atoms with Gasteiger partial charge in [-0.1, -0.05) is 52.2 Å². The predicted molar refractivity (Wildman–Crippen MR) is 107 cm³/mol. The van der Waals surface area contributed by atoms with Crippen LogP contribution in [-0.4, -0.2) is 37.6 Å². The Labute approximate surface area is 159 Å². The highest BCUT2D eigenvalue weighted by Gasteiger charge is 2.39. The Morgan fingerprint density at radius 3 is 2.73 bits per heavy atom. The van der Waals surface area contributed by atoms with E-state index in [9.17, 15) is 4.79 Å². The maximum absolute atomic E-state index is 12.2.